The van der Waals surface area contributed by atoms with Crippen LogP contribution in [0.4, 0.5) is 5.69 Å². The second-order valence-electron chi connectivity index (χ2n) is 7.79. The van der Waals surface area contributed by atoms with Crippen molar-refractivity contribution in [1.82, 2.24) is 5.32 Å². The maximum atomic E-state index is 12.7. The molecule has 0 aromatic heterocycles. The third-order valence-corrected chi connectivity index (χ3v) is 5.77. The van der Waals surface area contributed by atoms with Gasteiger partial charge in [-0.15, -0.1) is 0 Å². The van der Waals surface area contributed by atoms with E-state index >= 15 is 0 Å². The molecule has 4 rings (SSSR count). The first-order valence-electron chi connectivity index (χ1n) is 10.1. The van der Waals surface area contributed by atoms with Crippen LogP contribution < -0.4 is 20.1 Å². The van der Waals surface area contributed by atoms with Gasteiger partial charge in [0.15, 0.2) is 11.5 Å². The summed E-state index contributed by atoms with van der Waals surface area (Å²) in [5, 5.41) is 5.83. The van der Waals surface area contributed by atoms with Crippen molar-refractivity contribution in [2.75, 3.05) is 25.1 Å². The monoisotopic (exact) mass is 394 g/mol. The molecule has 6 heteroatoms. The maximum absolute atomic E-state index is 12.7. The van der Waals surface area contributed by atoms with E-state index in [-0.39, 0.29) is 17.2 Å². The molecule has 0 bridgehead atoms. The van der Waals surface area contributed by atoms with E-state index in [1.54, 1.807) is 24.3 Å². The van der Waals surface area contributed by atoms with Crippen LogP contribution in [0.15, 0.2) is 42.5 Å². The van der Waals surface area contributed by atoms with E-state index in [0.29, 0.717) is 31.0 Å². The van der Waals surface area contributed by atoms with Gasteiger partial charge in [-0.1, -0.05) is 18.9 Å². The average molecular weight is 394 g/mol. The zero-order chi connectivity index (χ0) is 20.3. The third kappa shape index (κ3) is 4.21. The number of ether oxygens (including phenoxy) is 2. The summed E-state index contributed by atoms with van der Waals surface area (Å²) in [6, 6.07) is 13.1. The second-order valence-corrected chi connectivity index (χ2v) is 7.79. The third-order valence-electron chi connectivity index (χ3n) is 5.77. The SMILES string of the molecule is CC(=O)Nc1ccc(C(=O)NCC2(c3ccc4c(c3)OCCO4)CCCC2)cc1. The number of benzene rings is 2. The normalized spacial score (nSPS) is 16.9. The Morgan fingerprint density at radius 2 is 1.66 bits per heavy atom. The molecule has 29 heavy (non-hydrogen) atoms. The molecule has 2 N–H and O–H groups in total. The first-order valence-corrected chi connectivity index (χ1v) is 10.1. The zero-order valence-corrected chi connectivity index (χ0v) is 16.6. The predicted molar refractivity (Wildman–Crippen MR) is 111 cm³/mol. The first kappa shape index (κ1) is 19.3. The van der Waals surface area contributed by atoms with Crippen molar-refractivity contribution < 1.29 is 19.1 Å². The van der Waals surface area contributed by atoms with Gasteiger partial charge in [-0.3, -0.25) is 9.59 Å². The Bertz CT molecular complexity index is 902. The number of carbonyl (C=O) groups is 2. The second kappa shape index (κ2) is 8.15. The van der Waals surface area contributed by atoms with Crippen LogP contribution in [-0.4, -0.2) is 31.6 Å². The Balaban J connectivity index is 1.47. The van der Waals surface area contributed by atoms with Gasteiger partial charge in [0.2, 0.25) is 5.91 Å². The van der Waals surface area contributed by atoms with Gasteiger partial charge in [0.25, 0.3) is 5.91 Å². The minimum atomic E-state index is -0.134. The lowest BCUT2D eigenvalue weighted by Gasteiger charge is -2.31. The summed E-state index contributed by atoms with van der Waals surface area (Å²) < 4.78 is 11.4. The summed E-state index contributed by atoms with van der Waals surface area (Å²) in [6.45, 7) is 3.18. The number of carbonyl (C=O) groups excluding carboxylic acids is 2. The average Bonchev–Trinajstić information content (AvgIpc) is 3.22. The molecule has 0 saturated heterocycles. The molecule has 1 aliphatic carbocycles. The van der Waals surface area contributed by atoms with Crippen molar-refractivity contribution >= 4 is 17.5 Å². The Morgan fingerprint density at radius 1 is 0.966 bits per heavy atom. The van der Waals surface area contributed by atoms with E-state index < -0.39 is 0 Å². The molecule has 0 spiro atoms. The molecule has 0 unspecified atom stereocenters. The van der Waals surface area contributed by atoms with Gasteiger partial charge in [0.1, 0.15) is 13.2 Å². The van der Waals surface area contributed by atoms with Gasteiger partial charge in [-0.2, -0.15) is 0 Å². The molecule has 1 fully saturated rings. The van der Waals surface area contributed by atoms with Crippen LogP contribution in [0.5, 0.6) is 11.5 Å². The highest BCUT2D eigenvalue weighted by Gasteiger charge is 2.36. The van der Waals surface area contributed by atoms with Crippen LogP contribution in [-0.2, 0) is 10.2 Å². The summed E-state index contributed by atoms with van der Waals surface area (Å²) in [6.07, 6.45) is 4.37. The maximum Gasteiger partial charge on any atom is 0.251 e. The highest BCUT2D eigenvalue weighted by atomic mass is 16.6. The van der Waals surface area contributed by atoms with E-state index in [1.807, 2.05) is 6.07 Å². The van der Waals surface area contributed by atoms with E-state index in [0.717, 1.165) is 37.2 Å². The molecule has 6 nitrogen and oxygen atoms in total. The topological polar surface area (TPSA) is 76.7 Å². The Kier molecular flexibility index (Phi) is 5.43. The van der Waals surface area contributed by atoms with Gasteiger partial charge < -0.3 is 20.1 Å². The minimum absolute atomic E-state index is 0.0817. The van der Waals surface area contributed by atoms with Crippen molar-refractivity contribution in [2.24, 2.45) is 0 Å². The molecule has 1 heterocycles. The molecular weight excluding hydrogens is 368 g/mol. The molecule has 1 aliphatic heterocycles. The van der Waals surface area contributed by atoms with E-state index in [4.69, 9.17) is 9.47 Å². The predicted octanol–water partition coefficient (Wildman–Crippen LogP) is 3.66. The van der Waals surface area contributed by atoms with Crippen molar-refractivity contribution in [3.05, 3.63) is 53.6 Å². The molecule has 152 valence electrons. The van der Waals surface area contributed by atoms with Crippen molar-refractivity contribution in [3.8, 4) is 11.5 Å². The fraction of sp³-hybridized carbons (Fsp3) is 0.391. The summed E-state index contributed by atoms with van der Waals surface area (Å²) in [5.74, 6) is 1.34. The van der Waals surface area contributed by atoms with Gasteiger partial charge in [0, 0.05) is 30.1 Å². The van der Waals surface area contributed by atoms with Crippen LogP contribution in [0.2, 0.25) is 0 Å². The van der Waals surface area contributed by atoms with E-state index in [2.05, 4.69) is 22.8 Å². The van der Waals surface area contributed by atoms with Gasteiger partial charge >= 0.3 is 0 Å². The molecule has 0 atom stereocenters. The van der Waals surface area contributed by atoms with Crippen molar-refractivity contribution in [1.29, 1.82) is 0 Å². The Labute approximate surface area is 170 Å². The lowest BCUT2D eigenvalue weighted by molar-refractivity contribution is -0.114. The van der Waals surface area contributed by atoms with Crippen LogP contribution in [0.1, 0.15) is 48.5 Å². The first-order chi connectivity index (χ1) is 14.1. The fourth-order valence-electron chi connectivity index (χ4n) is 4.25. The number of hydrogen-bond acceptors (Lipinski definition) is 4. The quantitative estimate of drug-likeness (QED) is 0.811. The minimum Gasteiger partial charge on any atom is -0.486 e. The molecule has 2 aliphatic rings. The molecule has 2 amide bonds. The van der Waals surface area contributed by atoms with Crippen LogP contribution in [0.25, 0.3) is 0 Å². The van der Waals surface area contributed by atoms with Gasteiger partial charge in [0.05, 0.1) is 0 Å². The molecule has 0 radical (unpaired) electrons. The van der Waals surface area contributed by atoms with Crippen LogP contribution in [0, 0.1) is 0 Å². The summed E-state index contributed by atoms with van der Waals surface area (Å²) >= 11 is 0. The van der Waals surface area contributed by atoms with Gasteiger partial charge in [-0.25, -0.2) is 0 Å². The highest BCUT2D eigenvalue weighted by molar-refractivity contribution is 5.95. The molecule has 2 aromatic rings. The summed E-state index contributed by atoms with van der Waals surface area (Å²) in [7, 11) is 0. The fourth-order valence-corrected chi connectivity index (χ4v) is 4.25. The number of anilines is 1. The number of amides is 2. The summed E-state index contributed by atoms with van der Waals surface area (Å²) in [5.41, 5.74) is 2.37. The number of hydrogen-bond donors (Lipinski definition) is 2. The Morgan fingerprint density at radius 3 is 2.34 bits per heavy atom. The number of nitrogens with one attached hydrogen (secondary N) is 2. The molecular formula is C23H26N2O4. The van der Waals surface area contributed by atoms with Crippen LogP contribution in [0.3, 0.4) is 0 Å². The standard InChI is InChI=1S/C23H26N2O4/c1-16(26)25-19-7-4-17(5-8-19)22(27)24-15-23(10-2-3-11-23)18-6-9-20-21(14-18)29-13-12-28-20/h4-9,14H,2-3,10-13,15H2,1H3,(H,24,27)(H,25,26). The smallest absolute Gasteiger partial charge is 0.251 e. The van der Waals surface area contributed by atoms with Crippen LogP contribution >= 0.6 is 0 Å². The van der Waals surface area contributed by atoms with Gasteiger partial charge in [-0.05, 0) is 54.8 Å². The molecule has 1 saturated carbocycles. The largest absolute Gasteiger partial charge is 0.486 e. The zero-order valence-electron chi connectivity index (χ0n) is 16.6. The van der Waals surface area contributed by atoms with E-state index in [1.165, 1.54) is 12.5 Å². The van der Waals surface area contributed by atoms with E-state index in [9.17, 15) is 9.59 Å². The van der Waals surface area contributed by atoms with Crippen molar-refractivity contribution in [3.63, 3.8) is 0 Å². The Hall–Kier alpha value is -3.02. The highest BCUT2D eigenvalue weighted by Crippen LogP contribution is 2.43. The number of rotatable bonds is 5. The number of fused-ring (bicyclic) bond motifs is 1. The van der Waals surface area contributed by atoms with Crippen molar-refractivity contribution in [2.45, 2.75) is 38.0 Å². The molecule has 2 aromatic carbocycles. The summed E-state index contributed by atoms with van der Waals surface area (Å²) in [4.78, 5) is 23.8. The lowest BCUT2D eigenvalue weighted by Crippen LogP contribution is -2.39. The lowest BCUT2D eigenvalue weighted by atomic mass is 9.78.